The molecule has 3 rings (SSSR count). The molecule has 3 heteroatoms. The Labute approximate surface area is 118 Å². The van der Waals surface area contributed by atoms with Gasteiger partial charge in [-0.15, -0.1) is 12.3 Å². The predicted octanol–water partition coefficient (Wildman–Crippen LogP) is 2.26. The maximum Gasteiger partial charge on any atom is 0.223 e. The van der Waals surface area contributed by atoms with Gasteiger partial charge in [-0.1, -0.05) is 18.2 Å². The van der Waals surface area contributed by atoms with Gasteiger partial charge in [0, 0.05) is 43.2 Å². The van der Waals surface area contributed by atoms with E-state index in [1.807, 2.05) is 23.2 Å². The maximum atomic E-state index is 11.8. The molecule has 0 spiro atoms. The van der Waals surface area contributed by atoms with Crippen molar-refractivity contribution in [3.63, 3.8) is 0 Å². The van der Waals surface area contributed by atoms with E-state index in [0.29, 0.717) is 13.0 Å². The number of likely N-dealkylation sites (tertiary alicyclic amines) is 1. The average molecular weight is 264 g/mol. The van der Waals surface area contributed by atoms with E-state index in [2.05, 4.69) is 23.0 Å². The van der Waals surface area contributed by atoms with Crippen molar-refractivity contribution in [1.82, 2.24) is 9.88 Å². The fourth-order valence-electron chi connectivity index (χ4n) is 2.76. The van der Waals surface area contributed by atoms with Crippen molar-refractivity contribution in [2.24, 2.45) is 5.92 Å². The molecule has 20 heavy (non-hydrogen) atoms. The molecule has 0 bridgehead atoms. The fraction of sp³-hybridized carbons (Fsp3) is 0.294. The lowest BCUT2D eigenvalue weighted by Gasteiger charge is -2.16. The molecule has 1 aliphatic heterocycles. The van der Waals surface area contributed by atoms with Gasteiger partial charge in [-0.3, -0.25) is 9.78 Å². The van der Waals surface area contributed by atoms with Crippen molar-refractivity contribution in [3.8, 4) is 12.3 Å². The van der Waals surface area contributed by atoms with E-state index < -0.39 is 0 Å². The number of pyridine rings is 1. The second-order valence-electron chi connectivity index (χ2n) is 5.17. The van der Waals surface area contributed by atoms with Gasteiger partial charge in [-0.05, 0) is 23.4 Å². The van der Waals surface area contributed by atoms with Gasteiger partial charge in [0.05, 0.1) is 0 Å². The molecule has 1 unspecified atom stereocenters. The Morgan fingerprint density at radius 2 is 2.30 bits per heavy atom. The summed E-state index contributed by atoms with van der Waals surface area (Å²) in [5.74, 6) is 2.94. The minimum Gasteiger partial charge on any atom is -0.341 e. The van der Waals surface area contributed by atoms with Crippen molar-refractivity contribution in [1.29, 1.82) is 0 Å². The van der Waals surface area contributed by atoms with Gasteiger partial charge >= 0.3 is 0 Å². The van der Waals surface area contributed by atoms with Gasteiger partial charge in [0.1, 0.15) is 0 Å². The van der Waals surface area contributed by atoms with E-state index in [1.165, 1.54) is 10.9 Å². The number of terminal acetylenes is 1. The summed E-state index contributed by atoms with van der Waals surface area (Å²) in [7, 11) is 0. The highest BCUT2D eigenvalue weighted by Gasteiger charge is 2.27. The Morgan fingerprint density at radius 1 is 1.40 bits per heavy atom. The first-order valence-electron chi connectivity index (χ1n) is 6.83. The molecule has 0 saturated carbocycles. The third-order valence-electron chi connectivity index (χ3n) is 3.87. The van der Waals surface area contributed by atoms with Crippen molar-refractivity contribution < 1.29 is 4.79 Å². The lowest BCUT2D eigenvalue weighted by Crippen LogP contribution is -2.27. The lowest BCUT2D eigenvalue weighted by atomic mass is 10.0. The Balaban J connectivity index is 1.75. The van der Waals surface area contributed by atoms with Crippen LogP contribution in [0.3, 0.4) is 0 Å². The van der Waals surface area contributed by atoms with E-state index in [1.54, 1.807) is 6.20 Å². The Hall–Kier alpha value is -2.34. The summed E-state index contributed by atoms with van der Waals surface area (Å²) < 4.78 is 0. The van der Waals surface area contributed by atoms with Crippen molar-refractivity contribution in [2.45, 2.75) is 12.8 Å². The van der Waals surface area contributed by atoms with E-state index in [-0.39, 0.29) is 11.8 Å². The fourth-order valence-corrected chi connectivity index (χ4v) is 2.76. The summed E-state index contributed by atoms with van der Waals surface area (Å²) in [5.41, 5.74) is 1.25. The van der Waals surface area contributed by atoms with Gasteiger partial charge < -0.3 is 4.90 Å². The van der Waals surface area contributed by atoms with Crippen LogP contribution in [0.4, 0.5) is 0 Å². The second-order valence-corrected chi connectivity index (χ2v) is 5.17. The number of hydrogen-bond donors (Lipinski definition) is 0. The van der Waals surface area contributed by atoms with Crippen molar-refractivity contribution >= 4 is 16.7 Å². The molecule has 0 radical (unpaired) electrons. The number of nitrogens with zero attached hydrogens (tertiary/aromatic N) is 2. The summed E-state index contributed by atoms with van der Waals surface area (Å²) in [4.78, 5) is 17.9. The second kappa shape index (κ2) is 5.34. The van der Waals surface area contributed by atoms with Crippen LogP contribution in [0.15, 0.2) is 36.7 Å². The molecule has 3 nitrogen and oxygen atoms in total. The Bertz CT molecular complexity index is 681. The first-order valence-corrected chi connectivity index (χ1v) is 6.83. The molecule has 2 aromatic rings. The molecule has 2 heterocycles. The molecule has 0 aliphatic carbocycles. The zero-order chi connectivity index (χ0) is 13.9. The van der Waals surface area contributed by atoms with Gasteiger partial charge in [-0.25, -0.2) is 0 Å². The number of aromatic nitrogens is 1. The van der Waals surface area contributed by atoms with Crippen LogP contribution in [-0.2, 0) is 11.2 Å². The molecular weight excluding hydrogens is 248 g/mol. The van der Waals surface area contributed by atoms with Gasteiger partial charge in [0.25, 0.3) is 0 Å². The topological polar surface area (TPSA) is 33.2 Å². The Kier molecular flexibility index (Phi) is 3.39. The molecule has 1 aliphatic rings. The monoisotopic (exact) mass is 264 g/mol. The predicted molar refractivity (Wildman–Crippen MR) is 79.0 cm³/mol. The zero-order valence-electron chi connectivity index (χ0n) is 11.2. The summed E-state index contributed by atoms with van der Waals surface area (Å²) in [6, 6.07) is 8.23. The largest absolute Gasteiger partial charge is 0.341 e. The van der Waals surface area contributed by atoms with Crippen LogP contribution in [0.2, 0.25) is 0 Å². The normalized spacial score (nSPS) is 18.4. The lowest BCUT2D eigenvalue weighted by molar-refractivity contribution is -0.127. The highest BCUT2D eigenvalue weighted by atomic mass is 16.2. The van der Waals surface area contributed by atoms with Crippen molar-refractivity contribution in [2.75, 3.05) is 13.1 Å². The highest BCUT2D eigenvalue weighted by molar-refractivity contribution is 5.85. The summed E-state index contributed by atoms with van der Waals surface area (Å²) in [6.45, 7) is 1.43. The number of carbonyl (C=O) groups is 1. The van der Waals surface area contributed by atoms with E-state index in [9.17, 15) is 4.79 Å². The third kappa shape index (κ3) is 2.37. The average Bonchev–Trinajstić information content (AvgIpc) is 2.85. The molecule has 1 saturated heterocycles. The molecule has 1 aromatic heterocycles. The molecular formula is C17H16N2O. The minimum absolute atomic E-state index is 0.0826. The number of benzene rings is 1. The van der Waals surface area contributed by atoms with Crippen LogP contribution in [0.1, 0.15) is 12.0 Å². The van der Waals surface area contributed by atoms with Crippen LogP contribution in [0.25, 0.3) is 10.8 Å². The molecule has 1 aromatic carbocycles. The quantitative estimate of drug-likeness (QED) is 0.797. The van der Waals surface area contributed by atoms with Crippen LogP contribution in [0, 0.1) is 18.3 Å². The molecule has 1 atom stereocenters. The summed E-state index contributed by atoms with van der Waals surface area (Å²) in [5, 5.41) is 2.35. The molecule has 1 amide bonds. The van der Waals surface area contributed by atoms with Crippen LogP contribution in [-0.4, -0.2) is 28.9 Å². The standard InChI is InChI=1S/C17H16N2O/c1-2-13-10-17(20)19(12-13)9-7-14-4-3-5-15-11-18-8-6-16(14)15/h1,3-6,8,11,13H,7,9-10,12H2. The third-order valence-corrected chi connectivity index (χ3v) is 3.87. The van der Waals surface area contributed by atoms with E-state index in [4.69, 9.17) is 6.42 Å². The van der Waals surface area contributed by atoms with E-state index in [0.717, 1.165) is 18.4 Å². The van der Waals surface area contributed by atoms with Crippen LogP contribution >= 0.6 is 0 Å². The number of fused-ring (bicyclic) bond motifs is 1. The number of rotatable bonds is 3. The first-order chi connectivity index (χ1) is 9.78. The van der Waals surface area contributed by atoms with Crippen molar-refractivity contribution in [3.05, 3.63) is 42.2 Å². The number of carbonyl (C=O) groups excluding carboxylic acids is 1. The SMILES string of the molecule is C#CC1CC(=O)N(CCc2cccc3cnccc23)C1. The summed E-state index contributed by atoms with van der Waals surface area (Å²) >= 11 is 0. The van der Waals surface area contributed by atoms with Crippen LogP contribution in [0.5, 0.6) is 0 Å². The number of amides is 1. The smallest absolute Gasteiger partial charge is 0.223 e. The number of hydrogen-bond acceptors (Lipinski definition) is 2. The first kappa shape index (κ1) is 12.7. The van der Waals surface area contributed by atoms with Gasteiger partial charge in [-0.2, -0.15) is 0 Å². The molecule has 1 fully saturated rings. The van der Waals surface area contributed by atoms with E-state index >= 15 is 0 Å². The molecule has 100 valence electrons. The maximum absolute atomic E-state index is 11.8. The Morgan fingerprint density at radius 3 is 3.10 bits per heavy atom. The minimum atomic E-state index is 0.0826. The zero-order valence-corrected chi connectivity index (χ0v) is 11.2. The van der Waals surface area contributed by atoms with Gasteiger partial charge in [0.15, 0.2) is 0 Å². The molecule has 0 N–H and O–H groups in total. The van der Waals surface area contributed by atoms with Crippen LogP contribution < -0.4 is 0 Å². The van der Waals surface area contributed by atoms with Gasteiger partial charge in [0.2, 0.25) is 5.91 Å². The summed E-state index contributed by atoms with van der Waals surface area (Å²) in [6.07, 6.45) is 10.4. The highest BCUT2D eigenvalue weighted by Crippen LogP contribution is 2.20.